The molecule has 1 aromatic heterocycles. The van der Waals surface area contributed by atoms with Crippen LogP contribution in [0.4, 0.5) is 0 Å². The summed E-state index contributed by atoms with van der Waals surface area (Å²) in [6, 6.07) is 28.7. The van der Waals surface area contributed by atoms with Gasteiger partial charge in [-0.2, -0.15) is 0 Å². The highest BCUT2D eigenvalue weighted by atomic mass is 79.9. The third-order valence-electron chi connectivity index (χ3n) is 7.08. The maximum absolute atomic E-state index is 6.08. The minimum absolute atomic E-state index is 0.00702. The molecule has 31 heavy (non-hydrogen) atoms. The SMILES string of the molecule is CC1(C)c2cccc3ccc4cc(-c5ccc6oc7cccc(Br)c7c6c5)cc1c4c23. The van der Waals surface area contributed by atoms with Gasteiger partial charge in [0.2, 0.25) is 0 Å². The fourth-order valence-electron chi connectivity index (χ4n) is 5.53. The number of halogens is 1. The summed E-state index contributed by atoms with van der Waals surface area (Å²) in [5.74, 6) is 0. The van der Waals surface area contributed by atoms with Crippen LogP contribution >= 0.6 is 15.9 Å². The molecule has 0 unspecified atom stereocenters. The Kier molecular flexibility index (Phi) is 3.27. The van der Waals surface area contributed by atoms with E-state index in [1.54, 1.807) is 0 Å². The smallest absolute Gasteiger partial charge is 0.136 e. The van der Waals surface area contributed by atoms with Crippen molar-refractivity contribution >= 4 is 59.4 Å². The summed E-state index contributed by atoms with van der Waals surface area (Å²) in [7, 11) is 0. The van der Waals surface area contributed by atoms with Gasteiger partial charge in [0.15, 0.2) is 0 Å². The average Bonchev–Trinajstić information content (AvgIpc) is 3.26. The second-order valence-electron chi connectivity index (χ2n) is 9.14. The molecule has 0 fully saturated rings. The fourth-order valence-corrected chi connectivity index (χ4v) is 6.09. The van der Waals surface area contributed by atoms with Crippen LogP contribution in [0.5, 0.6) is 0 Å². The maximum atomic E-state index is 6.08. The highest BCUT2D eigenvalue weighted by Crippen LogP contribution is 2.50. The Morgan fingerprint density at radius 1 is 0.645 bits per heavy atom. The molecule has 1 aliphatic rings. The van der Waals surface area contributed by atoms with Gasteiger partial charge >= 0.3 is 0 Å². The fraction of sp³-hybridized carbons (Fsp3) is 0.103. The summed E-state index contributed by atoms with van der Waals surface area (Å²) in [6.45, 7) is 4.70. The molecule has 0 saturated heterocycles. The van der Waals surface area contributed by atoms with Gasteiger partial charge in [-0.15, -0.1) is 0 Å². The predicted octanol–water partition coefficient (Wildman–Crippen LogP) is 8.96. The van der Waals surface area contributed by atoms with Gasteiger partial charge in [0.05, 0.1) is 0 Å². The molecular formula is C29H19BrO. The molecule has 0 radical (unpaired) electrons. The molecule has 1 nitrogen and oxygen atoms in total. The van der Waals surface area contributed by atoms with Gasteiger partial charge in [0, 0.05) is 20.7 Å². The first kappa shape index (κ1) is 17.6. The molecule has 0 aliphatic heterocycles. The molecule has 6 aromatic rings. The average molecular weight is 463 g/mol. The van der Waals surface area contributed by atoms with Crippen molar-refractivity contribution in [2.24, 2.45) is 0 Å². The van der Waals surface area contributed by atoms with Crippen molar-refractivity contribution in [1.82, 2.24) is 0 Å². The molecule has 0 bridgehead atoms. The Morgan fingerprint density at radius 2 is 1.45 bits per heavy atom. The van der Waals surface area contributed by atoms with Gasteiger partial charge in [0.25, 0.3) is 0 Å². The molecule has 0 N–H and O–H groups in total. The minimum atomic E-state index is -0.00702. The Bertz CT molecular complexity index is 1720. The first-order valence-electron chi connectivity index (χ1n) is 10.6. The monoisotopic (exact) mass is 462 g/mol. The second-order valence-corrected chi connectivity index (χ2v) is 10.00. The first-order valence-corrected chi connectivity index (χ1v) is 11.4. The Hall–Kier alpha value is -3.10. The molecule has 5 aromatic carbocycles. The Balaban J connectivity index is 1.54. The lowest BCUT2D eigenvalue weighted by Gasteiger charge is -2.22. The molecule has 1 heterocycles. The third kappa shape index (κ3) is 2.21. The van der Waals surface area contributed by atoms with Gasteiger partial charge in [-0.05, 0) is 80.2 Å². The summed E-state index contributed by atoms with van der Waals surface area (Å²) < 4.78 is 7.15. The second kappa shape index (κ2) is 5.77. The van der Waals surface area contributed by atoms with E-state index in [2.05, 4.69) is 96.5 Å². The van der Waals surface area contributed by atoms with Gasteiger partial charge in [-0.3, -0.25) is 0 Å². The number of fused-ring (bicyclic) bond motifs is 3. The van der Waals surface area contributed by atoms with Crippen LogP contribution in [0.25, 0.3) is 54.6 Å². The van der Waals surface area contributed by atoms with Gasteiger partial charge in [0.1, 0.15) is 11.2 Å². The van der Waals surface area contributed by atoms with E-state index >= 15 is 0 Å². The van der Waals surface area contributed by atoms with E-state index in [-0.39, 0.29) is 5.41 Å². The van der Waals surface area contributed by atoms with Crippen molar-refractivity contribution in [2.75, 3.05) is 0 Å². The topological polar surface area (TPSA) is 13.1 Å². The van der Waals surface area contributed by atoms with E-state index in [4.69, 9.17) is 4.42 Å². The quantitative estimate of drug-likeness (QED) is 0.222. The van der Waals surface area contributed by atoms with Gasteiger partial charge in [-0.25, -0.2) is 0 Å². The van der Waals surface area contributed by atoms with Crippen LogP contribution in [0.15, 0.2) is 87.8 Å². The van der Waals surface area contributed by atoms with Crippen molar-refractivity contribution in [2.45, 2.75) is 19.3 Å². The largest absolute Gasteiger partial charge is 0.456 e. The van der Waals surface area contributed by atoms with Crippen LogP contribution < -0.4 is 0 Å². The normalized spacial score (nSPS) is 14.5. The minimum Gasteiger partial charge on any atom is -0.456 e. The number of furan rings is 1. The molecule has 0 amide bonds. The number of rotatable bonds is 1. The number of hydrogen-bond acceptors (Lipinski definition) is 1. The highest BCUT2D eigenvalue weighted by Gasteiger charge is 2.34. The zero-order valence-electron chi connectivity index (χ0n) is 17.3. The first-order chi connectivity index (χ1) is 15.0. The molecule has 1 aliphatic carbocycles. The van der Waals surface area contributed by atoms with Gasteiger partial charge < -0.3 is 4.42 Å². The maximum Gasteiger partial charge on any atom is 0.136 e. The molecule has 0 spiro atoms. The molecule has 148 valence electrons. The lowest BCUT2D eigenvalue weighted by molar-refractivity contribution is 0.663. The highest BCUT2D eigenvalue weighted by molar-refractivity contribution is 9.10. The van der Waals surface area contributed by atoms with Crippen molar-refractivity contribution in [3.63, 3.8) is 0 Å². The van der Waals surface area contributed by atoms with Crippen LogP contribution in [0.1, 0.15) is 25.0 Å². The number of benzene rings is 5. The van der Waals surface area contributed by atoms with Crippen molar-refractivity contribution in [1.29, 1.82) is 0 Å². The summed E-state index contributed by atoms with van der Waals surface area (Å²) in [5.41, 5.74) is 7.16. The summed E-state index contributed by atoms with van der Waals surface area (Å²) in [4.78, 5) is 0. The summed E-state index contributed by atoms with van der Waals surface area (Å²) >= 11 is 3.71. The van der Waals surface area contributed by atoms with E-state index in [1.165, 1.54) is 43.8 Å². The number of hydrogen-bond donors (Lipinski definition) is 0. The lowest BCUT2D eigenvalue weighted by Crippen LogP contribution is -2.15. The van der Waals surface area contributed by atoms with Crippen LogP contribution in [0.3, 0.4) is 0 Å². The molecule has 7 rings (SSSR count). The van der Waals surface area contributed by atoms with Crippen LogP contribution in [-0.2, 0) is 5.41 Å². The van der Waals surface area contributed by atoms with Gasteiger partial charge in [-0.1, -0.05) is 72.2 Å². The van der Waals surface area contributed by atoms with E-state index in [0.717, 1.165) is 26.4 Å². The standard InChI is InChI=1S/C29H19BrO/c1-29(2)21-6-3-5-16-9-10-18-13-19(15-22(29)27(18)26(16)21)17-11-12-24-20(14-17)28-23(30)7-4-8-25(28)31-24/h3-15H,1-2H3. The molecule has 0 saturated carbocycles. The van der Waals surface area contributed by atoms with Crippen molar-refractivity contribution in [3.8, 4) is 11.1 Å². The van der Waals surface area contributed by atoms with Crippen LogP contribution in [0, 0.1) is 0 Å². The molecule has 2 heteroatoms. The van der Waals surface area contributed by atoms with E-state index < -0.39 is 0 Å². The molecule has 0 atom stereocenters. The predicted molar refractivity (Wildman–Crippen MR) is 134 cm³/mol. The Morgan fingerprint density at radius 3 is 2.35 bits per heavy atom. The zero-order valence-corrected chi connectivity index (χ0v) is 18.9. The van der Waals surface area contributed by atoms with E-state index in [1.807, 2.05) is 12.1 Å². The lowest BCUT2D eigenvalue weighted by atomic mass is 9.81. The van der Waals surface area contributed by atoms with Crippen LogP contribution in [-0.4, -0.2) is 0 Å². The molecular weight excluding hydrogens is 444 g/mol. The van der Waals surface area contributed by atoms with E-state index in [9.17, 15) is 0 Å². The Labute approximate surface area is 188 Å². The van der Waals surface area contributed by atoms with Crippen LogP contribution in [0.2, 0.25) is 0 Å². The van der Waals surface area contributed by atoms with Crippen molar-refractivity contribution in [3.05, 3.63) is 94.5 Å². The summed E-state index contributed by atoms with van der Waals surface area (Å²) in [6.07, 6.45) is 0. The third-order valence-corrected chi connectivity index (χ3v) is 7.74. The summed E-state index contributed by atoms with van der Waals surface area (Å²) in [5, 5.41) is 7.77. The zero-order chi connectivity index (χ0) is 20.9. The van der Waals surface area contributed by atoms with Crippen molar-refractivity contribution < 1.29 is 4.42 Å². The van der Waals surface area contributed by atoms with E-state index in [0.29, 0.717) is 0 Å².